The van der Waals surface area contributed by atoms with E-state index >= 15 is 0 Å². The first kappa shape index (κ1) is 10.9. The first-order valence-corrected chi connectivity index (χ1v) is 4.25. The number of hydrogen-bond acceptors (Lipinski definition) is 2. The molecule has 1 unspecified atom stereocenters. The average molecular weight is 159 g/mol. The highest BCUT2D eigenvalue weighted by atomic mass is 16.3. The second-order valence-corrected chi connectivity index (χ2v) is 4.40. The Morgan fingerprint density at radius 1 is 1.27 bits per heavy atom. The van der Waals surface area contributed by atoms with Gasteiger partial charge in [-0.15, -0.1) is 0 Å². The summed E-state index contributed by atoms with van der Waals surface area (Å²) < 4.78 is 0. The van der Waals surface area contributed by atoms with Crippen LogP contribution in [0.5, 0.6) is 0 Å². The molecule has 0 saturated heterocycles. The molecule has 0 aromatic rings. The lowest BCUT2D eigenvalue weighted by Crippen LogP contribution is -2.35. The van der Waals surface area contributed by atoms with Gasteiger partial charge in [-0.25, -0.2) is 0 Å². The van der Waals surface area contributed by atoms with Crippen molar-refractivity contribution in [2.75, 3.05) is 6.54 Å². The van der Waals surface area contributed by atoms with Crippen molar-refractivity contribution in [1.82, 2.24) is 0 Å². The Labute approximate surface area is 69.8 Å². The Morgan fingerprint density at radius 3 is 2.00 bits per heavy atom. The topological polar surface area (TPSA) is 46.2 Å². The van der Waals surface area contributed by atoms with E-state index in [-0.39, 0.29) is 5.41 Å². The van der Waals surface area contributed by atoms with Gasteiger partial charge in [0.1, 0.15) is 0 Å². The van der Waals surface area contributed by atoms with Gasteiger partial charge < -0.3 is 10.8 Å². The highest BCUT2D eigenvalue weighted by Gasteiger charge is 2.27. The lowest BCUT2D eigenvalue weighted by molar-refractivity contribution is 0.0134. The molecule has 2 nitrogen and oxygen atoms in total. The van der Waals surface area contributed by atoms with Crippen molar-refractivity contribution in [3.63, 3.8) is 0 Å². The van der Waals surface area contributed by atoms with Gasteiger partial charge in [0.2, 0.25) is 0 Å². The van der Waals surface area contributed by atoms with E-state index < -0.39 is 5.60 Å². The van der Waals surface area contributed by atoms with Crippen LogP contribution in [-0.4, -0.2) is 17.3 Å². The van der Waals surface area contributed by atoms with Crippen molar-refractivity contribution >= 4 is 0 Å². The summed E-state index contributed by atoms with van der Waals surface area (Å²) in [6, 6.07) is 0. The minimum atomic E-state index is -0.553. The summed E-state index contributed by atoms with van der Waals surface area (Å²) in [5.41, 5.74) is 5.06. The highest BCUT2D eigenvalue weighted by molar-refractivity contribution is 4.81. The first-order valence-electron chi connectivity index (χ1n) is 4.25. The molecule has 0 aliphatic rings. The van der Waals surface area contributed by atoms with E-state index in [4.69, 9.17) is 5.73 Å². The summed E-state index contributed by atoms with van der Waals surface area (Å²) in [7, 11) is 0. The van der Waals surface area contributed by atoms with E-state index in [2.05, 4.69) is 13.8 Å². The fourth-order valence-electron chi connectivity index (χ4n) is 1.23. The van der Waals surface area contributed by atoms with Crippen molar-refractivity contribution in [3.8, 4) is 0 Å². The molecule has 0 aromatic heterocycles. The molecule has 0 fully saturated rings. The van der Waals surface area contributed by atoms with E-state index in [1.807, 2.05) is 13.8 Å². The van der Waals surface area contributed by atoms with Gasteiger partial charge in [-0.1, -0.05) is 20.8 Å². The second kappa shape index (κ2) is 3.55. The van der Waals surface area contributed by atoms with E-state index in [9.17, 15) is 5.11 Å². The number of aliphatic hydroxyl groups is 1. The van der Waals surface area contributed by atoms with Crippen LogP contribution in [0.4, 0.5) is 0 Å². The van der Waals surface area contributed by atoms with Gasteiger partial charge in [0, 0.05) is 0 Å². The van der Waals surface area contributed by atoms with Crippen LogP contribution in [0, 0.1) is 5.41 Å². The standard InChI is InChI=1S/C9H21NO/c1-5-9(4,11)6-8(2,3)7-10/h11H,5-7,10H2,1-4H3. The van der Waals surface area contributed by atoms with Gasteiger partial charge >= 0.3 is 0 Å². The summed E-state index contributed by atoms with van der Waals surface area (Å²) in [5.74, 6) is 0. The van der Waals surface area contributed by atoms with Gasteiger partial charge in [-0.2, -0.15) is 0 Å². The van der Waals surface area contributed by atoms with Crippen LogP contribution in [0.15, 0.2) is 0 Å². The summed E-state index contributed by atoms with van der Waals surface area (Å²) in [4.78, 5) is 0. The van der Waals surface area contributed by atoms with Crippen LogP contribution in [0.3, 0.4) is 0 Å². The van der Waals surface area contributed by atoms with E-state index in [1.54, 1.807) is 0 Å². The number of nitrogens with two attached hydrogens (primary N) is 1. The Hall–Kier alpha value is -0.0800. The maximum Gasteiger partial charge on any atom is 0.0622 e. The second-order valence-electron chi connectivity index (χ2n) is 4.40. The van der Waals surface area contributed by atoms with E-state index in [0.29, 0.717) is 6.54 Å². The lowest BCUT2D eigenvalue weighted by atomic mass is 9.80. The number of hydrogen-bond donors (Lipinski definition) is 2. The van der Waals surface area contributed by atoms with Crippen LogP contribution in [0.25, 0.3) is 0 Å². The van der Waals surface area contributed by atoms with Crippen LogP contribution in [0.1, 0.15) is 40.5 Å². The molecule has 0 aliphatic heterocycles. The molecule has 0 aromatic carbocycles. The van der Waals surface area contributed by atoms with Crippen LogP contribution in [0.2, 0.25) is 0 Å². The summed E-state index contributed by atoms with van der Waals surface area (Å²) in [6.45, 7) is 8.65. The Balaban J connectivity index is 4.02. The quantitative estimate of drug-likeness (QED) is 0.653. The summed E-state index contributed by atoms with van der Waals surface area (Å²) in [5, 5.41) is 9.73. The molecular formula is C9H21NO. The zero-order valence-corrected chi connectivity index (χ0v) is 8.15. The van der Waals surface area contributed by atoms with Crippen molar-refractivity contribution in [1.29, 1.82) is 0 Å². The summed E-state index contributed by atoms with van der Waals surface area (Å²) >= 11 is 0. The largest absolute Gasteiger partial charge is 0.390 e. The molecule has 0 spiro atoms. The van der Waals surface area contributed by atoms with Gasteiger partial charge in [0.15, 0.2) is 0 Å². The average Bonchev–Trinajstić information content (AvgIpc) is 1.86. The van der Waals surface area contributed by atoms with Crippen LogP contribution in [-0.2, 0) is 0 Å². The maximum absolute atomic E-state index is 9.73. The van der Waals surface area contributed by atoms with Crippen molar-refractivity contribution in [2.24, 2.45) is 11.1 Å². The lowest BCUT2D eigenvalue weighted by Gasteiger charge is -2.32. The molecule has 0 aliphatic carbocycles. The smallest absolute Gasteiger partial charge is 0.0622 e. The monoisotopic (exact) mass is 159 g/mol. The molecule has 3 N–H and O–H groups in total. The molecule has 0 rings (SSSR count). The van der Waals surface area contributed by atoms with Crippen molar-refractivity contribution in [3.05, 3.63) is 0 Å². The molecule has 68 valence electrons. The van der Waals surface area contributed by atoms with Crippen LogP contribution >= 0.6 is 0 Å². The zero-order chi connectivity index (χ0) is 9.12. The third-order valence-corrected chi connectivity index (χ3v) is 2.17. The molecule has 2 heteroatoms. The predicted molar refractivity (Wildman–Crippen MR) is 48.4 cm³/mol. The molecule has 1 atom stereocenters. The minimum Gasteiger partial charge on any atom is -0.390 e. The molecule has 0 radical (unpaired) electrons. The molecule has 0 saturated carbocycles. The summed E-state index contributed by atoms with van der Waals surface area (Å²) in [6.07, 6.45) is 1.56. The molecule has 0 heterocycles. The zero-order valence-electron chi connectivity index (χ0n) is 8.15. The normalized spacial score (nSPS) is 18.0. The van der Waals surface area contributed by atoms with Crippen LogP contribution < -0.4 is 5.73 Å². The molecular weight excluding hydrogens is 138 g/mol. The maximum atomic E-state index is 9.73. The first-order chi connectivity index (χ1) is 4.83. The van der Waals surface area contributed by atoms with Gasteiger partial charge in [-0.3, -0.25) is 0 Å². The fraction of sp³-hybridized carbons (Fsp3) is 1.00. The minimum absolute atomic E-state index is 0.0551. The molecule has 11 heavy (non-hydrogen) atoms. The third kappa shape index (κ3) is 4.38. The number of rotatable bonds is 4. The Kier molecular flexibility index (Phi) is 3.52. The van der Waals surface area contributed by atoms with Gasteiger partial charge in [0.05, 0.1) is 5.60 Å². The van der Waals surface area contributed by atoms with Crippen molar-refractivity contribution in [2.45, 2.75) is 46.1 Å². The fourth-order valence-corrected chi connectivity index (χ4v) is 1.23. The van der Waals surface area contributed by atoms with Crippen molar-refractivity contribution < 1.29 is 5.11 Å². The highest BCUT2D eigenvalue weighted by Crippen LogP contribution is 2.28. The SMILES string of the molecule is CCC(C)(O)CC(C)(C)CN. The van der Waals surface area contributed by atoms with E-state index in [0.717, 1.165) is 12.8 Å². The Bertz CT molecular complexity index is 105. The van der Waals surface area contributed by atoms with Gasteiger partial charge in [0.25, 0.3) is 0 Å². The molecule has 0 bridgehead atoms. The van der Waals surface area contributed by atoms with Gasteiger partial charge in [-0.05, 0) is 31.7 Å². The van der Waals surface area contributed by atoms with E-state index in [1.165, 1.54) is 0 Å². The predicted octanol–water partition coefficient (Wildman–Crippen LogP) is 1.52. The third-order valence-electron chi connectivity index (χ3n) is 2.17. The molecule has 0 amide bonds. The Morgan fingerprint density at radius 2 is 1.73 bits per heavy atom.